The molecule has 9 heteroatoms. The van der Waals surface area contributed by atoms with Crippen molar-refractivity contribution in [2.45, 2.75) is 51.0 Å². The molecular weight excluding hydrogens is 456 g/mol. The van der Waals surface area contributed by atoms with Crippen LogP contribution in [0.1, 0.15) is 44.9 Å². The van der Waals surface area contributed by atoms with Crippen LogP contribution >= 0.6 is 11.6 Å². The molecule has 2 aliphatic rings. The number of halogens is 1. The van der Waals surface area contributed by atoms with E-state index >= 15 is 0 Å². The first-order valence-corrected chi connectivity index (χ1v) is 12.2. The fourth-order valence-corrected chi connectivity index (χ4v) is 4.46. The molecule has 0 unspecified atom stereocenters. The summed E-state index contributed by atoms with van der Waals surface area (Å²) in [6.07, 6.45) is 11.1. The lowest BCUT2D eigenvalue weighted by molar-refractivity contribution is -0.135. The van der Waals surface area contributed by atoms with Gasteiger partial charge in [0.05, 0.1) is 11.6 Å². The molecule has 1 aromatic rings. The first-order chi connectivity index (χ1) is 16.5. The van der Waals surface area contributed by atoms with Crippen LogP contribution < -0.4 is 15.4 Å². The minimum atomic E-state index is -0.699. The summed E-state index contributed by atoms with van der Waals surface area (Å²) in [5, 5.41) is 22.9. The van der Waals surface area contributed by atoms with Crippen molar-refractivity contribution in [3.05, 3.63) is 53.4 Å². The Morgan fingerprint density at radius 2 is 2.06 bits per heavy atom. The van der Waals surface area contributed by atoms with Gasteiger partial charge in [0.25, 0.3) is 5.91 Å². The van der Waals surface area contributed by atoms with Gasteiger partial charge < -0.3 is 25.4 Å². The van der Waals surface area contributed by atoms with E-state index in [1.807, 2.05) is 0 Å². The third-order valence-electron chi connectivity index (χ3n) is 6.04. The van der Waals surface area contributed by atoms with E-state index in [2.05, 4.69) is 10.6 Å². The van der Waals surface area contributed by atoms with Crippen molar-refractivity contribution >= 4 is 29.3 Å². The van der Waals surface area contributed by atoms with Gasteiger partial charge in [-0.15, -0.1) is 0 Å². The van der Waals surface area contributed by atoms with Crippen LogP contribution in [-0.4, -0.2) is 53.4 Å². The molecule has 1 saturated carbocycles. The predicted octanol–water partition coefficient (Wildman–Crippen LogP) is 3.36. The monoisotopic (exact) mass is 488 g/mol. The summed E-state index contributed by atoms with van der Waals surface area (Å²) in [6.45, 7) is 0.819. The number of rotatable bonds is 11. The van der Waals surface area contributed by atoms with Crippen molar-refractivity contribution in [3.8, 4) is 5.75 Å². The molecule has 184 valence electrons. The van der Waals surface area contributed by atoms with Crippen LogP contribution in [0.15, 0.2) is 48.4 Å². The first kappa shape index (κ1) is 25.8. The van der Waals surface area contributed by atoms with Gasteiger partial charge in [-0.1, -0.05) is 55.8 Å². The smallest absolute Gasteiger partial charge is 0.251 e. The second kappa shape index (κ2) is 13.2. The maximum absolute atomic E-state index is 13.2. The largest absolute Gasteiger partial charge is 0.458 e. The lowest BCUT2D eigenvalue weighted by atomic mass is 9.84. The Morgan fingerprint density at radius 3 is 2.79 bits per heavy atom. The topological polar surface area (TPSA) is 115 Å². The van der Waals surface area contributed by atoms with Crippen LogP contribution in [0.5, 0.6) is 5.75 Å². The zero-order valence-corrected chi connectivity index (χ0v) is 20.0. The zero-order chi connectivity index (χ0) is 24.3. The highest BCUT2D eigenvalue weighted by molar-refractivity contribution is 6.32. The van der Waals surface area contributed by atoms with Gasteiger partial charge in [-0.2, -0.15) is 0 Å². The summed E-state index contributed by atoms with van der Waals surface area (Å²) >= 11 is 6.18. The molecular formula is C25H33ClN4O4. The van der Waals surface area contributed by atoms with Crippen LogP contribution in [0.4, 0.5) is 0 Å². The quantitative estimate of drug-likeness (QED) is 0.216. The number of hydrogen-bond acceptors (Lipinski definition) is 6. The molecule has 4 N–H and O–H groups in total. The second-order valence-electron chi connectivity index (χ2n) is 8.63. The van der Waals surface area contributed by atoms with E-state index < -0.39 is 6.04 Å². The molecule has 1 aliphatic heterocycles. The third-order valence-corrected chi connectivity index (χ3v) is 6.35. The molecule has 0 spiro atoms. The van der Waals surface area contributed by atoms with Gasteiger partial charge in [0.1, 0.15) is 23.4 Å². The Kier molecular flexibility index (Phi) is 9.97. The molecule has 1 aliphatic carbocycles. The van der Waals surface area contributed by atoms with Crippen LogP contribution in [0.25, 0.3) is 0 Å². The summed E-state index contributed by atoms with van der Waals surface area (Å²) in [5.74, 6) is 0.515. The number of nitrogens with one attached hydrogen (secondary N) is 3. The molecule has 8 nitrogen and oxygen atoms in total. The highest BCUT2D eigenvalue weighted by atomic mass is 35.5. The van der Waals surface area contributed by atoms with Crippen molar-refractivity contribution in [3.63, 3.8) is 0 Å². The second-order valence-corrected chi connectivity index (χ2v) is 9.04. The molecule has 0 bridgehead atoms. The van der Waals surface area contributed by atoms with Crippen LogP contribution in [-0.2, 0) is 9.59 Å². The number of carbonyl (C=O) groups excluding carboxylic acids is 2. The van der Waals surface area contributed by atoms with Gasteiger partial charge in [-0.3, -0.25) is 15.0 Å². The Hall–Kier alpha value is -2.84. The van der Waals surface area contributed by atoms with Crippen LogP contribution in [0.3, 0.4) is 0 Å². The Bertz CT molecular complexity index is 927. The molecule has 1 aromatic carbocycles. The highest BCUT2D eigenvalue weighted by Gasteiger charge is 2.36. The molecule has 1 atom stereocenters. The van der Waals surface area contributed by atoms with Crippen molar-refractivity contribution in [1.29, 1.82) is 5.41 Å². The molecule has 1 fully saturated rings. The van der Waals surface area contributed by atoms with Crippen molar-refractivity contribution in [2.24, 2.45) is 5.92 Å². The fourth-order valence-electron chi connectivity index (χ4n) is 4.29. The number of benzene rings is 1. The van der Waals surface area contributed by atoms with Crippen molar-refractivity contribution < 1.29 is 19.4 Å². The average Bonchev–Trinajstić information content (AvgIpc) is 3.19. The maximum Gasteiger partial charge on any atom is 0.251 e. The number of amidine groups is 1. The number of aliphatic hydroxyl groups excluding tert-OH is 1. The third kappa shape index (κ3) is 7.60. The van der Waals surface area contributed by atoms with Gasteiger partial charge in [0, 0.05) is 25.4 Å². The van der Waals surface area contributed by atoms with Gasteiger partial charge in [-0.05, 0) is 37.0 Å². The lowest BCUT2D eigenvalue weighted by Gasteiger charge is -2.31. The van der Waals surface area contributed by atoms with Crippen molar-refractivity contribution in [2.75, 3.05) is 19.7 Å². The van der Waals surface area contributed by atoms with Gasteiger partial charge in [0.2, 0.25) is 5.91 Å². The molecule has 1 heterocycles. The Morgan fingerprint density at radius 1 is 1.29 bits per heavy atom. The van der Waals surface area contributed by atoms with E-state index in [0.717, 1.165) is 25.7 Å². The SMILES string of the molecule is N=C(/C=C\NCCCO)NC(=O)[C@H](CC1CCCCC1)N1CC(Oc2ccccc2Cl)=CC1=O. The maximum atomic E-state index is 13.2. The number of amides is 2. The fraction of sp³-hybridized carbons (Fsp3) is 0.480. The number of hydrogen-bond donors (Lipinski definition) is 4. The number of nitrogens with zero attached hydrogens (tertiary/aromatic N) is 1. The number of ether oxygens (including phenoxy) is 1. The molecule has 34 heavy (non-hydrogen) atoms. The van der Waals surface area contributed by atoms with E-state index in [1.165, 1.54) is 23.5 Å². The number of carbonyl (C=O) groups is 2. The normalized spacial score (nSPS) is 17.5. The lowest BCUT2D eigenvalue weighted by Crippen LogP contribution is -2.50. The van der Waals surface area contributed by atoms with Gasteiger partial charge >= 0.3 is 0 Å². The molecule has 2 amide bonds. The standard InChI is InChI=1S/C25H33ClN4O4/c26-20-9-4-5-10-22(20)34-19-16-24(32)30(17-19)21(15-18-7-2-1-3-8-18)25(33)29-23(27)11-13-28-12-6-14-31/h4-5,9-11,13,16,18,21,28,31H,1-3,6-8,12,14-15,17H2,(H2,27,29,33)/b13-11-/t21-/m0/s1. The summed E-state index contributed by atoms with van der Waals surface area (Å²) in [4.78, 5) is 27.6. The van der Waals surface area contributed by atoms with Crippen LogP contribution in [0, 0.1) is 11.3 Å². The van der Waals surface area contributed by atoms with E-state index in [9.17, 15) is 9.59 Å². The van der Waals surface area contributed by atoms with Gasteiger partial charge in [-0.25, -0.2) is 0 Å². The number of aliphatic hydroxyl groups is 1. The zero-order valence-electron chi connectivity index (χ0n) is 19.3. The van der Waals surface area contributed by atoms with Crippen molar-refractivity contribution in [1.82, 2.24) is 15.5 Å². The van der Waals surface area contributed by atoms with E-state index in [1.54, 1.807) is 30.5 Å². The predicted molar refractivity (Wildman–Crippen MR) is 132 cm³/mol. The molecule has 0 saturated heterocycles. The van der Waals surface area contributed by atoms with E-state index in [0.29, 0.717) is 41.8 Å². The minimum Gasteiger partial charge on any atom is -0.458 e. The number of para-hydroxylation sites is 1. The summed E-state index contributed by atoms with van der Waals surface area (Å²) in [7, 11) is 0. The Labute approximate surface area is 205 Å². The molecule has 3 rings (SSSR count). The molecule has 0 radical (unpaired) electrons. The molecule has 0 aromatic heterocycles. The summed E-state index contributed by atoms with van der Waals surface area (Å²) in [5.41, 5.74) is 0. The Balaban J connectivity index is 1.66. The van der Waals surface area contributed by atoms with E-state index in [4.69, 9.17) is 26.9 Å². The van der Waals surface area contributed by atoms with Gasteiger partial charge in [0.15, 0.2) is 0 Å². The summed E-state index contributed by atoms with van der Waals surface area (Å²) < 4.78 is 5.85. The summed E-state index contributed by atoms with van der Waals surface area (Å²) in [6, 6.07) is 6.34. The van der Waals surface area contributed by atoms with E-state index in [-0.39, 0.29) is 30.8 Å². The highest BCUT2D eigenvalue weighted by Crippen LogP contribution is 2.31. The average molecular weight is 489 g/mol. The first-order valence-electron chi connectivity index (χ1n) is 11.8. The van der Waals surface area contributed by atoms with Crippen LogP contribution in [0.2, 0.25) is 5.02 Å². The minimum absolute atomic E-state index is 0.0673.